The number of ether oxygens (including phenoxy) is 1. The Hall–Kier alpha value is -4.22. The lowest BCUT2D eigenvalue weighted by Crippen LogP contribution is -2.16. The van der Waals surface area contributed by atoms with Gasteiger partial charge in [-0.1, -0.05) is 75.4 Å². The number of rotatable bonds is 8. The highest BCUT2D eigenvalue weighted by molar-refractivity contribution is 5.87. The van der Waals surface area contributed by atoms with Gasteiger partial charge in [-0.2, -0.15) is 0 Å². The van der Waals surface area contributed by atoms with E-state index >= 15 is 0 Å². The standard InChI is InChI=1S/C26H23FN2O3.C7H14.CH3F/c1-28-24-10-8-22(9-11-24)21-6-3-19(4-7-21)18-29(13-14-30)25-16-20(15-23(27)17-25)5-12-26(31)32-2;1-7-5-3-2-4-6-7;1-2/h3-13,15-17,28H,18H2,1-2H3;7H,2-6H2,1H3;1H3/b12-5+;;. The van der Waals surface area contributed by atoms with E-state index in [1.807, 2.05) is 55.6 Å². The molecule has 1 aliphatic rings. The van der Waals surface area contributed by atoms with Crippen molar-refractivity contribution in [1.29, 1.82) is 0 Å². The highest BCUT2D eigenvalue weighted by atomic mass is 19.1. The van der Waals surface area contributed by atoms with Crippen LogP contribution in [0.5, 0.6) is 0 Å². The second-order valence-electron chi connectivity index (χ2n) is 9.74. The van der Waals surface area contributed by atoms with E-state index in [1.165, 1.54) is 69.7 Å². The van der Waals surface area contributed by atoms with Gasteiger partial charge in [0.2, 0.25) is 0 Å². The van der Waals surface area contributed by atoms with Crippen LogP contribution in [0, 0.1) is 11.7 Å². The predicted octanol–water partition coefficient (Wildman–Crippen LogP) is 8.24. The van der Waals surface area contributed by atoms with Crippen molar-refractivity contribution in [3.05, 3.63) is 96.0 Å². The van der Waals surface area contributed by atoms with Crippen LogP contribution >= 0.6 is 0 Å². The number of nitrogens with zero attached hydrogens (tertiary/aromatic N) is 1. The molecule has 1 fully saturated rings. The maximum Gasteiger partial charge on any atom is 0.330 e. The smallest absolute Gasteiger partial charge is 0.330 e. The van der Waals surface area contributed by atoms with Gasteiger partial charge in [0.15, 0.2) is 0 Å². The number of anilines is 2. The van der Waals surface area contributed by atoms with Crippen LogP contribution in [0.2, 0.25) is 0 Å². The van der Waals surface area contributed by atoms with E-state index in [9.17, 15) is 18.4 Å². The average Bonchev–Trinajstić information content (AvgIpc) is 3.01. The van der Waals surface area contributed by atoms with Crippen LogP contribution in [-0.4, -0.2) is 33.2 Å². The van der Waals surface area contributed by atoms with Gasteiger partial charge >= 0.3 is 5.97 Å². The number of alkyl halides is 1. The van der Waals surface area contributed by atoms with E-state index in [-0.39, 0.29) is 0 Å². The molecule has 0 spiro atoms. The summed E-state index contributed by atoms with van der Waals surface area (Å²) in [6.45, 7) is 2.71. The van der Waals surface area contributed by atoms with E-state index in [1.54, 1.807) is 16.9 Å². The fourth-order valence-electron chi connectivity index (χ4n) is 4.50. The first-order valence-corrected chi connectivity index (χ1v) is 13.7. The van der Waals surface area contributed by atoms with Crippen LogP contribution in [0.25, 0.3) is 17.2 Å². The summed E-state index contributed by atoms with van der Waals surface area (Å²) < 4.78 is 28.2. The largest absolute Gasteiger partial charge is 0.466 e. The zero-order chi connectivity index (χ0) is 30.0. The number of carbonyl (C=O) groups is 1. The van der Waals surface area contributed by atoms with Gasteiger partial charge < -0.3 is 15.0 Å². The number of methoxy groups -OCH3 is 1. The molecule has 3 aromatic carbocycles. The van der Waals surface area contributed by atoms with Crippen molar-refractivity contribution in [2.75, 3.05) is 31.6 Å². The number of esters is 1. The number of carbonyl (C=O) groups excluding carboxylic acids is 2. The molecule has 0 radical (unpaired) electrons. The average molecular weight is 563 g/mol. The highest BCUT2D eigenvalue weighted by Crippen LogP contribution is 2.25. The first-order chi connectivity index (χ1) is 19.9. The van der Waals surface area contributed by atoms with Gasteiger partial charge in [-0.15, -0.1) is 0 Å². The predicted molar refractivity (Wildman–Crippen MR) is 165 cm³/mol. The van der Waals surface area contributed by atoms with Crippen molar-refractivity contribution in [1.82, 2.24) is 0 Å². The molecule has 0 atom stereocenters. The minimum Gasteiger partial charge on any atom is -0.466 e. The molecule has 0 heterocycles. The quantitative estimate of drug-likeness (QED) is 0.170. The third-order valence-electron chi connectivity index (χ3n) is 6.77. The van der Waals surface area contributed by atoms with Crippen molar-refractivity contribution in [3.63, 3.8) is 0 Å². The first-order valence-electron chi connectivity index (χ1n) is 13.7. The zero-order valence-electron chi connectivity index (χ0n) is 24.3. The van der Waals surface area contributed by atoms with E-state index in [4.69, 9.17) is 0 Å². The Labute approximate surface area is 242 Å². The lowest BCUT2D eigenvalue weighted by atomic mass is 9.91. The van der Waals surface area contributed by atoms with Crippen LogP contribution in [0.15, 0.2) is 79.0 Å². The fraction of sp³-hybridized carbons (Fsp3) is 0.324. The molecule has 7 heteroatoms. The second kappa shape index (κ2) is 18.2. The third kappa shape index (κ3) is 11.4. The summed E-state index contributed by atoms with van der Waals surface area (Å²) in [5.41, 5.74) is 5.06. The van der Waals surface area contributed by atoms with E-state index < -0.39 is 11.8 Å². The monoisotopic (exact) mass is 562 g/mol. The zero-order valence-corrected chi connectivity index (χ0v) is 24.3. The molecule has 0 aromatic heterocycles. The second-order valence-corrected chi connectivity index (χ2v) is 9.74. The summed E-state index contributed by atoms with van der Waals surface area (Å²) in [6, 6.07) is 20.3. The lowest BCUT2D eigenvalue weighted by molar-refractivity contribution is -0.134. The van der Waals surface area contributed by atoms with Gasteiger partial charge in [0.25, 0.3) is 0 Å². The van der Waals surface area contributed by atoms with Crippen molar-refractivity contribution >= 4 is 29.4 Å². The van der Waals surface area contributed by atoms with Crippen LogP contribution < -0.4 is 10.2 Å². The molecule has 0 unspecified atom stereocenters. The van der Waals surface area contributed by atoms with Gasteiger partial charge in [-0.3, -0.25) is 4.39 Å². The van der Waals surface area contributed by atoms with Crippen molar-refractivity contribution in [2.45, 2.75) is 45.6 Å². The molecule has 3 aromatic rings. The molecule has 41 heavy (non-hydrogen) atoms. The summed E-state index contributed by atoms with van der Waals surface area (Å²) >= 11 is 0. The van der Waals surface area contributed by atoms with Gasteiger partial charge in [0, 0.05) is 31.0 Å². The first kappa shape index (κ1) is 33.0. The molecule has 0 bridgehead atoms. The number of benzene rings is 3. The summed E-state index contributed by atoms with van der Waals surface area (Å²) in [7, 11) is 3.64. The Morgan fingerprint density at radius 2 is 1.61 bits per heavy atom. The molecule has 218 valence electrons. The molecule has 1 saturated carbocycles. The van der Waals surface area contributed by atoms with Gasteiger partial charge in [-0.05, 0) is 64.6 Å². The molecule has 0 aliphatic heterocycles. The maximum atomic E-state index is 14.2. The SMILES string of the molecule is CC1CCCCC1.CF.CNc1ccc(-c2ccc(CN(C=C=O)c3cc(F)cc(/C=C/C(=O)OC)c3)cc2)cc1. The number of hydrogen-bond acceptors (Lipinski definition) is 5. The third-order valence-corrected chi connectivity index (χ3v) is 6.77. The molecular formula is C34H40F2N2O3. The van der Waals surface area contributed by atoms with Gasteiger partial charge in [-0.25, -0.2) is 14.0 Å². The number of hydrogen-bond donors (Lipinski definition) is 1. The Balaban J connectivity index is 0.000000561. The van der Waals surface area contributed by atoms with Gasteiger partial charge in [0.1, 0.15) is 11.8 Å². The Kier molecular flexibility index (Phi) is 14.6. The number of nitrogens with one attached hydrogen (secondary N) is 1. The summed E-state index contributed by atoms with van der Waals surface area (Å²) in [4.78, 5) is 24.0. The van der Waals surface area contributed by atoms with Crippen LogP contribution in [0.1, 0.15) is 50.2 Å². The molecule has 4 rings (SSSR count). The molecule has 5 nitrogen and oxygen atoms in total. The highest BCUT2D eigenvalue weighted by Gasteiger charge is 2.09. The van der Waals surface area contributed by atoms with Crippen LogP contribution in [0.4, 0.5) is 20.2 Å². The Bertz CT molecular complexity index is 1280. The molecular weight excluding hydrogens is 522 g/mol. The maximum absolute atomic E-state index is 14.2. The minimum absolute atomic E-state index is 0.345. The Morgan fingerprint density at radius 1 is 1.00 bits per heavy atom. The van der Waals surface area contributed by atoms with Gasteiger partial charge in [0.05, 0.1) is 20.5 Å². The van der Waals surface area contributed by atoms with Crippen LogP contribution in [-0.2, 0) is 20.9 Å². The summed E-state index contributed by atoms with van der Waals surface area (Å²) in [5.74, 6) is 1.77. The molecule has 1 N–H and O–H groups in total. The van der Waals surface area contributed by atoms with Crippen molar-refractivity contribution in [3.8, 4) is 11.1 Å². The topological polar surface area (TPSA) is 58.6 Å². The van der Waals surface area contributed by atoms with Crippen molar-refractivity contribution < 1.29 is 23.1 Å². The fourth-order valence-corrected chi connectivity index (χ4v) is 4.50. The van der Waals surface area contributed by atoms with Crippen molar-refractivity contribution in [2.24, 2.45) is 5.92 Å². The lowest BCUT2D eigenvalue weighted by Gasteiger charge is -2.20. The summed E-state index contributed by atoms with van der Waals surface area (Å²) in [5, 5.41) is 3.09. The number of halogens is 2. The molecule has 0 saturated heterocycles. The Morgan fingerprint density at radius 3 is 2.12 bits per heavy atom. The van der Waals surface area contributed by atoms with E-state index in [0.29, 0.717) is 25.0 Å². The molecule has 1 aliphatic carbocycles. The normalized spacial score (nSPS) is 12.6. The minimum atomic E-state index is -0.541. The molecule has 0 amide bonds. The van der Waals surface area contributed by atoms with E-state index in [0.717, 1.165) is 28.3 Å². The summed E-state index contributed by atoms with van der Waals surface area (Å²) in [6.07, 6.45) is 11.3. The van der Waals surface area contributed by atoms with Crippen LogP contribution in [0.3, 0.4) is 0 Å². The van der Waals surface area contributed by atoms with E-state index in [2.05, 4.69) is 17.0 Å².